The molecule has 0 saturated carbocycles. The lowest BCUT2D eigenvalue weighted by Gasteiger charge is -2.10. The molecule has 1 aromatic carbocycles. The first-order valence-electron chi connectivity index (χ1n) is 6.31. The van der Waals surface area contributed by atoms with Crippen molar-refractivity contribution in [2.75, 3.05) is 0 Å². The van der Waals surface area contributed by atoms with Crippen molar-refractivity contribution in [1.82, 2.24) is 0 Å². The van der Waals surface area contributed by atoms with Crippen molar-refractivity contribution in [3.63, 3.8) is 0 Å². The van der Waals surface area contributed by atoms with Gasteiger partial charge >= 0.3 is 0 Å². The second-order valence-corrected chi connectivity index (χ2v) is 4.42. The third-order valence-corrected chi connectivity index (χ3v) is 3.00. The van der Waals surface area contributed by atoms with Crippen molar-refractivity contribution >= 4 is 0 Å². The van der Waals surface area contributed by atoms with E-state index in [9.17, 15) is 0 Å². The Morgan fingerprint density at radius 2 is 1.93 bits per heavy atom. The summed E-state index contributed by atoms with van der Waals surface area (Å²) < 4.78 is 0. The van der Waals surface area contributed by atoms with Crippen LogP contribution in [0.25, 0.3) is 0 Å². The van der Waals surface area contributed by atoms with E-state index >= 15 is 0 Å². The Labute approximate surface area is 94.7 Å². The van der Waals surface area contributed by atoms with Gasteiger partial charge in [-0.2, -0.15) is 0 Å². The third kappa shape index (κ3) is 5.01. The highest BCUT2D eigenvalue weighted by Crippen LogP contribution is 2.21. The predicted octanol–water partition coefficient (Wildman–Crippen LogP) is 4.95. The van der Waals surface area contributed by atoms with E-state index in [1.54, 1.807) is 0 Å². The number of hydrogen-bond donors (Lipinski definition) is 0. The Morgan fingerprint density at radius 3 is 2.60 bits per heavy atom. The van der Waals surface area contributed by atoms with Crippen molar-refractivity contribution in [3.05, 3.63) is 35.9 Å². The van der Waals surface area contributed by atoms with Crippen LogP contribution >= 0.6 is 0 Å². The molecular formula is C15H23. The van der Waals surface area contributed by atoms with Crippen LogP contribution in [0.2, 0.25) is 0 Å². The van der Waals surface area contributed by atoms with Gasteiger partial charge in [0, 0.05) is 0 Å². The standard InChI is InChI=1S/C15H23/c1-3-4-5-6-8-11-14(2)15-12-9-7-10-13-15/h7,9-10,12,14H,3-6,8,11H2,1-2H3. The smallest absolute Gasteiger partial charge is 0.0146 e. The molecule has 0 spiro atoms. The van der Waals surface area contributed by atoms with Gasteiger partial charge in [-0.3, -0.25) is 0 Å². The van der Waals surface area contributed by atoms with Gasteiger partial charge < -0.3 is 0 Å². The van der Waals surface area contributed by atoms with Crippen LogP contribution in [-0.2, 0) is 0 Å². The minimum atomic E-state index is 0.674. The van der Waals surface area contributed by atoms with Crippen LogP contribution in [0.15, 0.2) is 24.3 Å². The summed E-state index contributed by atoms with van der Waals surface area (Å²) in [5, 5.41) is 0. The van der Waals surface area contributed by atoms with Crippen molar-refractivity contribution < 1.29 is 0 Å². The van der Waals surface area contributed by atoms with E-state index in [-0.39, 0.29) is 0 Å². The molecule has 0 aliphatic rings. The Morgan fingerprint density at radius 1 is 1.13 bits per heavy atom. The summed E-state index contributed by atoms with van der Waals surface area (Å²) in [7, 11) is 0. The van der Waals surface area contributed by atoms with Crippen LogP contribution in [0.3, 0.4) is 0 Å². The Hall–Kier alpha value is -0.780. The monoisotopic (exact) mass is 203 g/mol. The fourth-order valence-corrected chi connectivity index (χ4v) is 1.92. The number of hydrogen-bond acceptors (Lipinski definition) is 0. The Kier molecular flexibility index (Phi) is 6.15. The van der Waals surface area contributed by atoms with E-state index in [0.29, 0.717) is 5.92 Å². The van der Waals surface area contributed by atoms with Crippen molar-refractivity contribution in [1.29, 1.82) is 0 Å². The van der Waals surface area contributed by atoms with E-state index in [0.717, 1.165) is 0 Å². The molecule has 0 aromatic heterocycles. The number of rotatable bonds is 7. The Balaban J connectivity index is 2.16. The topological polar surface area (TPSA) is 0 Å². The highest BCUT2D eigenvalue weighted by atomic mass is 14.1. The highest BCUT2D eigenvalue weighted by molar-refractivity contribution is 5.16. The molecule has 0 aliphatic heterocycles. The predicted molar refractivity (Wildman–Crippen MR) is 67.1 cm³/mol. The highest BCUT2D eigenvalue weighted by Gasteiger charge is 2.03. The molecule has 1 unspecified atom stereocenters. The molecular weight excluding hydrogens is 180 g/mol. The van der Waals surface area contributed by atoms with Gasteiger partial charge in [0.25, 0.3) is 0 Å². The molecule has 83 valence electrons. The summed E-state index contributed by atoms with van der Waals surface area (Å²) in [5.41, 5.74) is 1.37. The van der Waals surface area contributed by atoms with Gasteiger partial charge in [0.2, 0.25) is 0 Å². The second-order valence-electron chi connectivity index (χ2n) is 4.42. The van der Waals surface area contributed by atoms with Gasteiger partial charge in [-0.05, 0) is 24.0 Å². The molecule has 1 radical (unpaired) electrons. The van der Waals surface area contributed by atoms with Crippen molar-refractivity contribution in [2.45, 2.75) is 58.3 Å². The molecule has 0 N–H and O–H groups in total. The first-order chi connectivity index (χ1) is 7.34. The quantitative estimate of drug-likeness (QED) is 0.550. The van der Waals surface area contributed by atoms with Gasteiger partial charge in [0.1, 0.15) is 0 Å². The molecule has 0 heterocycles. The van der Waals surface area contributed by atoms with Gasteiger partial charge in [-0.25, -0.2) is 0 Å². The number of unbranched alkanes of at least 4 members (excludes halogenated alkanes) is 4. The zero-order valence-corrected chi connectivity index (χ0v) is 10.1. The maximum atomic E-state index is 3.32. The maximum Gasteiger partial charge on any atom is -0.0146 e. The summed E-state index contributed by atoms with van der Waals surface area (Å²) >= 11 is 0. The Bertz CT molecular complexity index is 237. The van der Waals surface area contributed by atoms with Crippen LogP contribution in [0.1, 0.15) is 63.9 Å². The zero-order chi connectivity index (χ0) is 10.9. The first-order valence-corrected chi connectivity index (χ1v) is 6.31. The summed E-state index contributed by atoms with van der Waals surface area (Å²) in [6, 6.07) is 11.7. The van der Waals surface area contributed by atoms with Gasteiger partial charge in [0.15, 0.2) is 0 Å². The normalized spacial score (nSPS) is 12.7. The molecule has 0 heteroatoms. The lowest BCUT2D eigenvalue weighted by molar-refractivity contribution is 0.566. The fraction of sp³-hybridized carbons (Fsp3) is 0.600. The minimum Gasteiger partial charge on any atom is -0.0654 e. The van der Waals surface area contributed by atoms with Gasteiger partial charge in [-0.1, -0.05) is 70.2 Å². The molecule has 0 fully saturated rings. The minimum absolute atomic E-state index is 0.674. The van der Waals surface area contributed by atoms with E-state index in [4.69, 9.17) is 0 Å². The molecule has 0 amide bonds. The lowest BCUT2D eigenvalue weighted by Crippen LogP contribution is -1.93. The van der Waals surface area contributed by atoms with E-state index in [1.807, 2.05) is 12.1 Å². The summed E-state index contributed by atoms with van der Waals surface area (Å²) in [6.45, 7) is 4.58. The number of benzene rings is 1. The zero-order valence-electron chi connectivity index (χ0n) is 10.1. The molecule has 1 atom stereocenters. The third-order valence-electron chi connectivity index (χ3n) is 3.00. The SMILES string of the molecule is CCCCCCCC(C)c1[c]cccc1. The van der Waals surface area contributed by atoms with E-state index in [2.05, 4.69) is 32.0 Å². The molecule has 0 nitrogen and oxygen atoms in total. The van der Waals surface area contributed by atoms with Crippen molar-refractivity contribution in [3.8, 4) is 0 Å². The largest absolute Gasteiger partial charge is 0.0654 e. The van der Waals surface area contributed by atoms with Crippen molar-refractivity contribution in [2.24, 2.45) is 0 Å². The van der Waals surface area contributed by atoms with Crippen LogP contribution in [0.4, 0.5) is 0 Å². The molecule has 1 rings (SSSR count). The summed E-state index contributed by atoms with van der Waals surface area (Å²) in [4.78, 5) is 0. The summed E-state index contributed by atoms with van der Waals surface area (Å²) in [5.74, 6) is 0.674. The first kappa shape index (κ1) is 12.3. The van der Waals surface area contributed by atoms with E-state index < -0.39 is 0 Å². The van der Waals surface area contributed by atoms with Crippen LogP contribution in [0, 0.1) is 6.07 Å². The molecule has 0 aliphatic carbocycles. The van der Waals surface area contributed by atoms with Crippen LogP contribution in [0.5, 0.6) is 0 Å². The van der Waals surface area contributed by atoms with Gasteiger partial charge in [-0.15, -0.1) is 0 Å². The fourth-order valence-electron chi connectivity index (χ4n) is 1.92. The molecule has 1 aromatic rings. The maximum absolute atomic E-state index is 3.32. The van der Waals surface area contributed by atoms with Crippen LogP contribution < -0.4 is 0 Å². The average molecular weight is 203 g/mol. The average Bonchev–Trinajstić information content (AvgIpc) is 2.30. The second kappa shape index (κ2) is 7.50. The van der Waals surface area contributed by atoms with Gasteiger partial charge in [0.05, 0.1) is 0 Å². The summed E-state index contributed by atoms with van der Waals surface area (Å²) in [6.07, 6.45) is 8.20. The lowest BCUT2D eigenvalue weighted by atomic mass is 9.95. The molecule has 15 heavy (non-hydrogen) atoms. The molecule has 0 saturated heterocycles. The van der Waals surface area contributed by atoms with E-state index in [1.165, 1.54) is 44.1 Å². The molecule has 0 bridgehead atoms. The van der Waals surface area contributed by atoms with Crippen LogP contribution in [-0.4, -0.2) is 0 Å².